The second kappa shape index (κ2) is 16.5. The van der Waals surface area contributed by atoms with Gasteiger partial charge >= 0.3 is 5.97 Å². The van der Waals surface area contributed by atoms with E-state index in [0.29, 0.717) is 76.6 Å². The number of methoxy groups -OCH3 is 1. The quantitative estimate of drug-likeness (QED) is 0.0838. The molecule has 0 amide bonds. The Morgan fingerprint density at radius 3 is 2.43 bits per heavy atom. The first kappa shape index (κ1) is 42.6. The zero-order chi connectivity index (χ0) is 41.6. The molecule has 0 radical (unpaired) electrons. The van der Waals surface area contributed by atoms with Gasteiger partial charge in [-0.05, 0) is 99.6 Å². The van der Waals surface area contributed by atoms with Crippen LogP contribution in [-0.2, 0) is 30.2 Å². The van der Waals surface area contributed by atoms with Crippen molar-refractivity contribution in [2.24, 2.45) is 17.8 Å². The molecule has 5 fully saturated rings. The third kappa shape index (κ3) is 7.27. The third-order valence-electron chi connectivity index (χ3n) is 13.6. The molecule has 3 saturated carbocycles. The Morgan fingerprint density at radius 1 is 1.00 bits per heavy atom. The molecule has 7 aliphatic rings. The minimum Gasteiger partial charge on any atom is -0.491 e. The summed E-state index contributed by atoms with van der Waals surface area (Å²) in [4.78, 5) is 30.4. The van der Waals surface area contributed by atoms with E-state index in [4.69, 9.17) is 28.4 Å². The number of aliphatic hydroxyl groups is 1. The van der Waals surface area contributed by atoms with Crippen molar-refractivity contribution in [2.75, 3.05) is 59.7 Å². The van der Waals surface area contributed by atoms with Crippen LogP contribution in [0, 0.1) is 17.8 Å². The summed E-state index contributed by atoms with van der Waals surface area (Å²) in [6.45, 7) is 20.6. The maximum atomic E-state index is 15.1. The average molecular weight is 803 g/mol. The molecule has 4 bridgehead atoms. The standard InChI is InChI=1S/C47H66N2O9/c1-29(2)11-10-16-45(8)17-15-34-39(56-45)33(13-12-30(3)4)41-37(40(34)55-24-20-48-19-23-50)38(49-21-25-54-26-22-49)35-27-32-28-36-44(6,7)58-46(42(32)51,47(35,36)57-41)18-14-31(5)43(52)53-9/h11-12,14-15,17,32,35-36,38,48,50H,10,13,16,18-28H2,1-9H3/b31-14-. The minimum absolute atomic E-state index is 0.0397. The molecule has 11 nitrogen and oxygen atoms in total. The number of fused-ring (bicyclic) bond motifs is 2. The number of hydrogen-bond acceptors (Lipinski definition) is 11. The normalized spacial score (nSPS) is 31.7. The molecular weight excluding hydrogens is 737 g/mol. The molecule has 1 spiro atoms. The monoisotopic (exact) mass is 802 g/mol. The first-order chi connectivity index (χ1) is 27.6. The van der Waals surface area contributed by atoms with E-state index in [2.05, 4.69) is 83.0 Å². The molecule has 8 rings (SSSR count). The number of ether oxygens (including phenoxy) is 6. The Kier molecular flexibility index (Phi) is 12.1. The molecular formula is C47H66N2O9. The highest BCUT2D eigenvalue weighted by atomic mass is 16.6. The van der Waals surface area contributed by atoms with E-state index in [9.17, 15) is 9.90 Å². The maximum Gasteiger partial charge on any atom is 0.333 e. The highest BCUT2D eigenvalue weighted by molar-refractivity contribution is 5.95. The SMILES string of the molecule is COC(=O)/C(C)=C\CC12OC(C)(C)C3CC(CC4C(N5CCOCC5)c5c(OCCNCCO)c6c(c(CC=C(C)C)c5OC431)OC(C)(CCC=C(C)C)C=C6)C2=O. The van der Waals surface area contributed by atoms with E-state index < -0.39 is 28.4 Å². The van der Waals surface area contributed by atoms with Crippen LogP contribution in [0.5, 0.6) is 17.2 Å². The van der Waals surface area contributed by atoms with Crippen molar-refractivity contribution in [2.45, 2.75) is 122 Å². The van der Waals surface area contributed by atoms with E-state index in [-0.39, 0.29) is 42.6 Å². The molecule has 2 saturated heterocycles. The van der Waals surface area contributed by atoms with Crippen molar-refractivity contribution < 1.29 is 43.1 Å². The van der Waals surface area contributed by atoms with Crippen LogP contribution < -0.4 is 19.5 Å². The van der Waals surface area contributed by atoms with Gasteiger partial charge in [-0.2, -0.15) is 0 Å². The number of hydrogen-bond donors (Lipinski definition) is 2. The van der Waals surface area contributed by atoms with E-state index >= 15 is 4.79 Å². The van der Waals surface area contributed by atoms with E-state index in [1.807, 2.05) is 6.08 Å². The lowest BCUT2D eigenvalue weighted by molar-refractivity contribution is -0.220. The van der Waals surface area contributed by atoms with Crippen molar-refractivity contribution >= 4 is 17.8 Å². The van der Waals surface area contributed by atoms with Crippen LogP contribution in [0.1, 0.15) is 110 Å². The molecule has 1 aromatic rings. The number of carbonyl (C=O) groups is 2. The number of nitrogens with one attached hydrogen (secondary N) is 1. The van der Waals surface area contributed by atoms with Crippen molar-refractivity contribution in [3.63, 3.8) is 0 Å². The first-order valence-electron chi connectivity index (χ1n) is 21.5. The molecule has 7 unspecified atom stereocenters. The molecule has 2 N–H and O–H groups in total. The van der Waals surface area contributed by atoms with E-state index in [1.165, 1.54) is 18.3 Å². The van der Waals surface area contributed by atoms with Gasteiger partial charge in [0, 0.05) is 67.5 Å². The van der Waals surface area contributed by atoms with Gasteiger partial charge in [0.1, 0.15) is 29.5 Å². The van der Waals surface area contributed by atoms with Gasteiger partial charge in [-0.3, -0.25) is 9.69 Å². The maximum absolute atomic E-state index is 15.1. The topological polar surface area (TPSA) is 125 Å². The minimum atomic E-state index is -1.34. The fourth-order valence-electron chi connectivity index (χ4n) is 11.0. The molecule has 4 aliphatic heterocycles. The third-order valence-corrected chi connectivity index (χ3v) is 13.6. The smallest absolute Gasteiger partial charge is 0.333 e. The summed E-state index contributed by atoms with van der Waals surface area (Å²) in [5.41, 5.74) is 2.01. The van der Waals surface area contributed by atoms with Gasteiger partial charge in [-0.15, -0.1) is 0 Å². The van der Waals surface area contributed by atoms with Crippen LogP contribution in [0.15, 0.2) is 41.0 Å². The van der Waals surface area contributed by atoms with Crippen LogP contribution >= 0.6 is 0 Å². The van der Waals surface area contributed by atoms with Crippen LogP contribution in [0.2, 0.25) is 0 Å². The van der Waals surface area contributed by atoms with Gasteiger partial charge in [0.25, 0.3) is 0 Å². The number of carbonyl (C=O) groups excluding carboxylic acids is 2. The largest absolute Gasteiger partial charge is 0.491 e. The number of morpholine rings is 1. The number of nitrogens with zero attached hydrogens (tertiary/aromatic N) is 1. The van der Waals surface area contributed by atoms with Crippen LogP contribution in [0.3, 0.4) is 0 Å². The van der Waals surface area contributed by atoms with Crippen molar-refractivity contribution in [1.82, 2.24) is 10.2 Å². The molecule has 7 atom stereocenters. The van der Waals surface area contributed by atoms with Gasteiger partial charge in [0.05, 0.1) is 43.7 Å². The average Bonchev–Trinajstić information content (AvgIpc) is 3.34. The zero-order valence-electron chi connectivity index (χ0n) is 36.3. The fraction of sp³-hybridized carbons (Fsp3) is 0.660. The summed E-state index contributed by atoms with van der Waals surface area (Å²) >= 11 is 0. The lowest BCUT2D eigenvalue weighted by Gasteiger charge is -2.64. The van der Waals surface area contributed by atoms with Gasteiger partial charge in [0.2, 0.25) is 0 Å². The molecule has 3 aliphatic carbocycles. The predicted molar refractivity (Wildman–Crippen MR) is 223 cm³/mol. The Bertz CT molecular complexity index is 1880. The number of esters is 1. The molecule has 318 valence electrons. The van der Waals surface area contributed by atoms with Crippen LogP contribution in [0.4, 0.5) is 0 Å². The van der Waals surface area contributed by atoms with Crippen molar-refractivity contribution in [3.8, 4) is 17.2 Å². The lowest BCUT2D eigenvalue weighted by Crippen LogP contribution is -2.76. The number of benzene rings is 1. The number of ketones is 1. The number of aliphatic hydroxyl groups excluding tert-OH is 1. The fourth-order valence-corrected chi connectivity index (χ4v) is 11.0. The number of rotatable bonds is 15. The first-order valence-corrected chi connectivity index (χ1v) is 21.5. The van der Waals surface area contributed by atoms with Crippen molar-refractivity contribution in [3.05, 3.63) is 57.7 Å². The summed E-state index contributed by atoms with van der Waals surface area (Å²) in [5.74, 6) is 1.34. The van der Waals surface area contributed by atoms with Gasteiger partial charge in [-0.25, -0.2) is 4.79 Å². The number of Topliss-reactive ketones (excluding diaryl/α,β-unsaturated/α-hetero) is 1. The van der Waals surface area contributed by atoms with E-state index in [0.717, 1.165) is 41.0 Å². The Morgan fingerprint density at radius 2 is 1.74 bits per heavy atom. The molecule has 0 aromatic heterocycles. The lowest BCUT2D eigenvalue weighted by atomic mass is 9.46. The van der Waals surface area contributed by atoms with Gasteiger partial charge in [0.15, 0.2) is 17.0 Å². The zero-order valence-corrected chi connectivity index (χ0v) is 36.3. The second-order valence-corrected chi connectivity index (χ2v) is 18.5. The van der Waals surface area contributed by atoms with Gasteiger partial charge in [-0.1, -0.05) is 29.4 Å². The molecule has 4 heterocycles. The summed E-state index contributed by atoms with van der Waals surface area (Å²) in [5, 5.41) is 12.8. The second-order valence-electron chi connectivity index (χ2n) is 18.5. The Balaban J connectivity index is 1.51. The summed E-state index contributed by atoms with van der Waals surface area (Å²) in [6.07, 6.45) is 14.4. The Labute approximate surface area is 345 Å². The summed E-state index contributed by atoms with van der Waals surface area (Å²) in [7, 11) is 1.38. The van der Waals surface area contributed by atoms with E-state index in [1.54, 1.807) is 6.92 Å². The molecule has 58 heavy (non-hydrogen) atoms. The molecule has 11 heteroatoms. The highest BCUT2D eigenvalue weighted by Gasteiger charge is 2.83. The summed E-state index contributed by atoms with van der Waals surface area (Å²) < 4.78 is 40.4. The predicted octanol–water partition coefficient (Wildman–Crippen LogP) is 6.85. The van der Waals surface area contributed by atoms with Crippen molar-refractivity contribution in [1.29, 1.82) is 0 Å². The van der Waals surface area contributed by atoms with Crippen LogP contribution in [0.25, 0.3) is 6.08 Å². The highest BCUT2D eigenvalue weighted by Crippen LogP contribution is 2.73. The van der Waals surface area contributed by atoms with Crippen LogP contribution in [-0.4, -0.2) is 104 Å². The Hall–Kier alpha value is -3.48. The number of allylic oxidation sites excluding steroid dienone is 4. The summed E-state index contributed by atoms with van der Waals surface area (Å²) in [6, 6.07) is -0.191. The van der Waals surface area contributed by atoms with Gasteiger partial charge < -0.3 is 38.8 Å². The molecule has 1 aromatic carbocycles.